The molecule has 2 fully saturated rings. The molecule has 1 saturated carbocycles. The second-order valence-electron chi connectivity index (χ2n) is 9.81. The van der Waals surface area contributed by atoms with Crippen LogP contribution in [0.4, 0.5) is 0 Å². The Labute approximate surface area is 184 Å². The topological polar surface area (TPSA) is 75.8 Å². The number of β-amino-alcohol motifs (C(OH)–C–C–N with tert-alkyl or cyclic N) is 1. The number of carbonyl (C=O) groups is 1. The maximum atomic E-state index is 11.8. The van der Waals surface area contributed by atoms with Crippen molar-refractivity contribution in [2.24, 2.45) is 17.6 Å². The second kappa shape index (κ2) is 7.73. The Morgan fingerprint density at radius 3 is 2.32 bits per heavy atom. The molecule has 0 spiro atoms. The molecular formula is C26H32N2O3. The second-order valence-corrected chi connectivity index (χ2v) is 9.81. The molecule has 3 aliphatic rings. The number of carbonyl (C=O) groups excluding carboxylic acids is 1. The van der Waals surface area contributed by atoms with E-state index in [2.05, 4.69) is 35.2 Å². The number of fused-ring (bicyclic) bond motifs is 3. The minimum absolute atomic E-state index is 0.320. The zero-order valence-electron chi connectivity index (χ0n) is 18.2. The van der Waals surface area contributed by atoms with Gasteiger partial charge in [-0.2, -0.15) is 0 Å². The summed E-state index contributed by atoms with van der Waals surface area (Å²) < 4.78 is 6.32. The fraction of sp³-hybridized carbons (Fsp3) is 0.500. The molecule has 2 aliphatic carbocycles. The van der Waals surface area contributed by atoms with Gasteiger partial charge in [0.05, 0.1) is 5.60 Å². The van der Waals surface area contributed by atoms with E-state index in [1.807, 2.05) is 12.1 Å². The van der Waals surface area contributed by atoms with Gasteiger partial charge in [0.15, 0.2) is 0 Å². The van der Waals surface area contributed by atoms with E-state index in [-0.39, 0.29) is 0 Å². The Morgan fingerprint density at radius 2 is 1.74 bits per heavy atom. The summed E-state index contributed by atoms with van der Waals surface area (Å²) >= 11 is 0. The first kappa shape index (κ1) is 20.7. The Bertz CT molecular complexity index is 949. The van der Waals surface area contributed by atoms with Gasteiger partial charge < -0.3 is 15.6 Å². The van der Waals surface area contributed by atoms with Gasteiger partial charge in [-0.1, -0.05) is 42.8 Å². The number of primary amides is 1. The van der Waals surface area contributed by atoms with Crippen molar-refractivity contribution in [1.82, 2.24) is 4.90 Å². The molecule has 2 unspecified atom stereocenters. The summed E-state index contributed by atoms with van der Waals surface area (Å²) in [5, 5.41) is 11.4. The lowest BCUT2D eigenvalue weighted by atomic mass is 9.62. The molecule has 2 atom stereocenters. The maximum Gasteiger partial charge on any atom is 0.248 e. The van der Waals surface area contributed by atoms with Crippen LogP contribution in [0.3, 0.4) is 0 Å². The fourth-order valence-corrected chi connectivity index (χ4v) is 6.69. The molecule has 31 heavy (non-hydrogen) atoms. The predicted molar refractivity (Wildman–Crippen MR) is 120 cm³/mol. The quantitative estimate of drug-likeness (QED) is 0.780. The van der Waals surface area contributed by atoms with Crippen molar-refractivity contribution in [1.29, 1.82) is 0 Å². The van der Waals surface area contributed by atoms with Crippen molar-refractivity contribution in [3.8, 4) is 0 Å². The number of nitrogens with zero attached hydrogens (tertiary/aromatic N) is 1. The first-order valence-corrected chi connectivity index (χ1v) is 11.4. The lowest BCUT2D eigenvalue weighted by Crippen LogP contribution is -2.61. The normalized spacial score (nSPS) is 29.5. The number of ether oxygens (including phenoxy) is 1. The van der Waals surface area contributed by atoms with Crippen molar-refractivity contribution in [2.75, 3.05) is 26.7 Å². The number of aliphatic hydroxyl groups is 1. The van der Waals surface area contributed by atoms with Gasteiger partial charge in [-0.15, -0.1) is 0 Å². The van der Waals surface area contributed by atoms with Gasteiger partial charge in [0, 0.05) is 57.0 Å². The van der Waals surface area contributed by atoms with Gasteiger partial charge in [-0.25, -0.2) is 0 Å². The highest BCUT2D eigenvalue weighted by molar-refractivity contribution is 5.92. The standard InChI is InChI=1S/C26H32N2O3/c1-31-26(21-9-4-8-18(12-21)24(27)29)22-10-5-11-23(26)16-28(15-22)17-25(30)13-19-6-2-3-7-20(19)14-25/h2-4,6-9,12,22-23,30H,5,10-11,13-17H2,1H3,(H2,27,29). The summed E-state index contributed by atoms with van der Waals surface area (Å²) in [6.07, 6.45) is 4.82. The molecule has 2 aromatic rings. The van der Waals surface area contributed by atoms with Crippen LogP contribution in [0.2, 0.25) is 0 Å². The van der Waals surface area contributed by atoms with Crippen LogP contribution in [0.25, 0.3) is 0 Å². The zero-order chi connectivity index (χ0) is 21.6. The fourth-order valence-electron chi connectivity index (χ4n) is 6.69. The summed E-state index contributed by atoms with van der Waals surface area (Å²) in [4.78, 5) is 14.2. The maximum absolute atomic E-state index is 11.8. The van der Waals surface area contributed by atoms with E-state index in [9.17, 15) is 9.90 Å². The number of piperidine rings is 1. The van der Waals surface area contributed by atoms with Crippen LogP contribution >= 0.6 is 0 Å². The summed E-state index contributed by atoms with van der Waals surface area (Å²) in [5.41, 5.74) is 8.61. The van der Waals surface area contributed by atoms with Crippen molar-refractivity contribution in [3.05, 3.63) is 70.8 Å². The van der Waals surface area contributed by atoms with Crippen LogP contribution < -0.4 is 5.73 Å². The number of hydrogen-bond acceptors (Lipinski definition) is 4. The summed E-state index contributed by atoms with van der Waals surface area (Å²) in [6.45, 7) is 2.48. The number of amides is 1. The van der Waals surface area contributed by atoms with Gasteiger partial charge >= 0.3 is 0 Å². The molecule has 1 amide bonds. The molecule has 2 bridgehead atoms. The first-order chi connectivity index (χ1) is 14.9. The van der Waals surface area contributed by atoms with Gasteiger partial charge in [-0.05, 0) is 41.7 Å². The molecule has 5 heteroatoms. The van der Waals surface area contributed by atoms with E-state index in [1.165, 1.54) is 17.5 Å². The summed E-state index contributed by atoms with van der Waals surface area (Å²) in [7, 11) is 1.80. The lowest BCUT2D eigenvalue weighted by Gasteiger charge is -2.56. The molecule has 3 N–H and O–H groups in total. The third-order valence-electron chi connectivity index (χ3n) is 7.89. The molecule has 0 radical (unpaired) electrons. The minimum Gasteiger partial charge on any atom is -0.388 e. The predicted octanol–water partition coefficient (Wildman–Crippen LogP) is 2.89. The molecule has 0 aromatic heterocycles. The number of methoxy groups -OCH3 is 1. The summed E-state index contributed by atoms with van der Waals surface area (Å²) in [5.74, 6) is 0.236. The molecule has 164 valence electrons. The Kier molecular flexibility index (Phi) is 5.16. The van der Waals surface area contributed by atoms with Crippen molar-refractivity contribution in [2.45, 2.75) is 43.3 Å². The smallest absolute Gasteiger partial charge is 0.248 e. The van der Waals surface area contributed by atoms with Gasteiger partial charge in [0.2, 0.25) is 5.91 Å². The van der Waals surface area contributed by atoms with Crippen LogP contribution in [-0.4, -0.2) is 48.3 Å². The molecular weight excluding hydrogens is 388 g/mol. The number of hydrogen-bond donors (Lipinski definition) is 2. The molecule has 1 heterocycles. The van der Waals surface area contributed by atoms with E-state index in [1.54, 1.807) is 13.2 Å². The van der Waals surface area contributed by atoms with Crippen LogP contribution in [-0.2, 0) is 23.2 Å². The number of nitrogens with two attached hydrogens (primary N) is 1. The molecule has 1 aliphatic heterocycles. The third kappa shape index (κ3) is 3.49. The van der Waals surface area contributed by atoms with Crippen molar-refractivity contribution >= 4 is 5.91 Å². The van der Waals surface area contributed by atoms with Crippen LogP contribution in [0.15, 0.2) is 48.5 Å². The van der Waals surface area contributed by atoms with E-state index < -0.39 is 17.1 Å². The largest absolute Gasteiger partial charge is 0.388 e. The van der Waals surface area contributed by atoms with Crippen LogP contribution in [0, 0.1) is 11.8 Å². The van der Waals surface area contributed by atoms with Crippen LogP contribution in [0.5, 0.6) is 0 Å². The number of benzene rings is 2. The monoisotopic (exact) mass is 420 g/mol. The SMILES string of the molecule is COC1(c2cccc(C(N)=O)c2)C2CCCC1CN(CC1(O)Cc3ccccc3C1)C2. The van der Waals surface area contributed by atoms with E-state index >= 15 is 0 Å². The van der Waals surface area contributed by atoms with E-state index in [0.29, 0.717) is 23.9 Å². The Hall–Kier alpha value is -2.21. The molecule has 5 rings (SSSR count). The van der Waals surface area contributed by atoms with Crippen molar-refractivity contribution in [3.63, 3.8) is 0 Å². The number of rotatable bonds is 5. The minimum atomic E-state index is -0.697. The average molecular weight is 421 g/mol. The highest BCUT2D eigenvalue weighted by atomic mass is 16.5. The first-order valence-electron chi connectivity index (χ1n) is 11.4. The molecule has 1 saturated heterocycles. The lowest BCUT2D eigenvalue weighted by molar-refractivity contribution is -0.175. The van der Waals surface area contributed by atoms with Crippen molar-refractivity contribution < 1.29 is 14.6 Å². The van der Waals surface area contributed by atoms with Gasteiger partial charge in [0.1, 0.15) is 5.60 Å². The van der Waals surface area contributed by atoms with E-state index in [4.69, 9.17) is 10.5 Å². The molecule has 5 nitrogen and oxygen atoms in total. The third-order valence-corrected chi connectivity index (χ3v) is 7.89. The Balaban J connectivity index is 1.40. The number of likely N-dealkylation sites (tertiary alicyclic amines) is 1. The summed E-state index contributed by atoms with van der Waals surface area (Å²) in [6, 6.07) is 16.1. The highest BCUT2D eigenvalue weighted by Crippen LogP contribution is 2.52. The van der Waals surface area contributed by atoms with Gasteiger partial charge in [0.25, 0.3) is 0 Å². The highest BCUT2D eigenvalue weighted by Gasteiger charge is 2.54. The van der Waals surface area contributed by atoms with Crippen LogP contribution in [0.1, 0.15) is 46.3 Å². The Morgan fingerprint density at radius 1 is 1.10 bits per heavy atom. The van der Waals surface area contributed by atoms with E-state index in [0.717, 1.165) is 44.3 Å². The average Bonchev–Trinajstić information content (AvgIpc) is 3.08. The zero-order valence-corrected chi connectivity index (χ0v) is 18.2. The van der Waals surface area contributed by atoms with Gasteiger partial charge in [-0.3, -0.25) is 9.69 Å². The molecule has 2 aromatic carbocycles.